The van der Waals surface area contributed by atoms with Gasteiger partial charge in [-0.15, -0.1) is 0 Å². The highest BCUT2D eigenvalue weighted by molar-refractivity contribution is 5.52. The summed E-state index contributed by atoms with van der Waals surface area (Å²) in [5.74, 6) is 0.766. The van der Waals surface area contributed by atoms with Crippen LogP contribution < -0.4 is 10.8 Å². The van der Waals surface area contributed by atoms with E-state index in [0.717, 1.165) is 36.2 Å². The highest BCUT2D eigenvalue weighted by Gasteiger charge is 2.18. The summed E-state index contributed by atoms with van der Waals surface area (Å²) < 4.78 is 7.37. The molecule has 1 N–H and O–H groups in total. The Bertz CT molecular complexity index is 991. The van der Waals surface area contributed by atoms with Gasteiger partial charge in [0.15, 0.2) is 5.49 Å². The number of aromatic nitrogens is 4. The van der Waals surface area contributed by atoms with Crippen LogP contribution in [0.1, 0.15) is 18.9 Å². The maximum Gasteiger partial charge on any atom is 0.229 e. The molecule has 1 atom stereocenters. The number of hydrogen-bond donors (Lipinski definition) is 1. The molecular weight excluding hydrogens is 328 g/mol. The number of imidazole rings is 1. The molecule has 26 heavy (non-hydrogen) atoms. The first kappa shape index (κ1) is 16.5. The van der Waals surface area contributed by atoms with Gasteiger partial charge in [-0.2, -0.15) is 5.10 Å². The van der Waals surface area contributed by atoms with Crippen molar-refractivity contribution in [1.82, 2.24) is 24.6 Å². The van der Waals surface area contributed by atoms with E-state index in [4.69, 9.17) is 4.74 Å². The summed E-state index contributed by atoms with van der Waals surface area (Å²) in [6, 6.07) is 10.3. The fourth-order valence-corrected chi connectivity index (χ4v) is 3.08. The Morgan fingerprint density at radius 1 is 1.23 bits per heavy atom. The zero-order valence-corrected chi connectivity index (χ0v) is 15.0. The number of H-pyrrole nitrogens is 1. The van der Waals surface area contributed by atoms with E-state index in [1.54, 1.807) is 7.11 Å². The van der Waals surface area contributed by atoms with Crippen LogP contribution in [0.2, 0.25) is 0 Å². The topological polar surface area (TPSA) is 71.3 Å². The second kappa shape index (κ2) is 7.13. The first-order chi connectivity index (χ1) is 12.8. The fraction of sp³-hybridized carbons (Fsp3) is 0.316. The van der Waals surface area contributed by atoms with Crippen LogP contribution in [0.5, 0.6) is 0 Å². The molecule has 0 saturated heterocycles. The van der Waals surface area contributed by atoms with Crippen LogP contribution in [0.25, 0.3) is 17.6 Å². The molecule has 4 rings (SSSR count). The number of nitrogens with one attached hydrogen (secondary N) is 1. The van der Waals surface area contributed by atoms with Gasteiger partial charge in [-0.3, -0.25) is 4.68 Å². The average Bonchev–Trinajstić information content (AvgIpc) is 3.28. The van der Waals surface area contributed by atoms with Crippen molar-refractivity contribution >= 4 is 6.20 Å². The molecule has 2 aromatic heterocycles. The lowest BCUT2D eigenvalue weighted by Crippen LogP contribution is -2.43. The molecular formula is C19H22N6O. The number of ether oxygens (including phenoxy) is 1. The first-order valence-corrected chi connectivity index (χ1v) is 8.78. The Morgan fingerprint density at radius 3 is 2.85 bits per heavy atom. The van der Waals surface area contributed by atoms with Crippen LogP contribution in [0.4, 0.5) is 0 Å². The molecule has 0 amide bonds. The van der Waals surface area contributed by atoms with Crippen LogP contribution >= 0.6 is 0 Å². The van der Waals surface area contributed by atoms with E-state index in [0.29, 0.717) is 5.49 Å². The van der Waals surface area contributed by atoms with E-state index >= 15 is 0 Å². The molecule has 7 nitrogen and oxygen atoms in total. The van der Waals surface area contributed by atoms with Gasteiger partial charge in [-0.05, 0) is 12.0 Å². The van der Waals surface area contributed by atoms with Crippen molar-refractivity contribution in [3.8, 4) is 11.4 Å². The quantitative estimate of drug-likeness (QED) is 0.728. The van der Waals surface area contributed by atoms with Gasteiger partial charge in [0.1, 0.15) is 11.2 Å². The SMILES string of the molecule is CCCN1C=c2[nH]c(-c3cnn(Cc4ccccc4)c3)nc2=NC1OC. The number of fused-ring (bicyclic) bond motifs is 1. The monoisotopic (exact) mass is 350 g/mol. The Hall–Kier alpha value is -2.93. The molecule has 1 aliphatic heterocycles. The minimum Gasteiger partial charge on any atom is -0.342 e. The van der Waals surface area contributed by atoms with Crippen LogP contribution in [0.15, 0.2) is 47.7 Å². The standard InChI is InChI=1S/C19H22N6O/c1-3-9-24-13-16-18(23-19(24)26-2)22-17(21-16)15-10-20-25(12-15)11-14-7-5-4-6-8-14/h4-8,10,12-13,19H,3,9,11H2,1-2H3,(H,21,22,23). The zero-order chi connectivity index (χ0) is 17.9. The summed E-state index contributed by atoms with van der Waals surface area (Å²) in [5.41, 5.74) is 2.83. The number of nitrogens with zero attached hydrogens (tertiary/aromatic N) is 5. The fourth-order valence-electron chi connectivity index (χ4n) is 3.08. The van der Waals surface area contributed by atoms with Crippen molar-refractivity contribution in [2.45, 2.75) is 26.2 Å². The van der Waals surface area contributed by atoms with Crippen LogP contribution in [-0.4, -0.2) is 44.7 Å². The number of rotatable bonds is 6. The molecule has 1 aliphatic rings. The van der Waals surface area contributed by atoms with Crippen molar-refractivity contribution in [2.24, 2.45) is 4.99 Å². The van der Waals surface area contributed by atoms with Crippen molar-refractivity contribution < 1.29 is 4.74 Å². The summed E-state index contributed by atoms with van der Waals surface area (Å²) in [6.45, 7) is 3.74. The molecule has 0 bridgehead atoms. The summed E-state index contributed by atoms with van der Waals surface area (Å²) in [7, 11) is 1.66. The van der Waals surface area contributed by atoms with Gasteiger partial charge in [-0.25, -0.2) is 9.98 Å². The lowest BCUT2D eigenvalue weighted by Gasteiger charge is -2.26. The Morgan fingerprint density at radius 2 is 2.08 bits per heavy atom. The normalized spacial score (nSPS) is 16.1. The molecule has 0 radical (unpaired) electrons. The first-order valence-electron chi connectivity index (χ1n) is 8.78. The Kier molecular flexibility index (Phi) is 4.53. The number of aromatic amines is 1. The third-order valence-electron chi connectivity index (χ3n) is 4.31. The Balaban J connectivity index is 1.62. The van der Waals surface area contributed by atoms with Gasteiger partial charge in [-0.1, -0.05) is 37.3 Å². The minimum atomic E-state index is -0.320. The third-order valence-corrected chi connectivity index (χ3v) is 4.31. The summed E-state index contributed by atoms with van der Waals surface area (Å²) in [4.78, 5) is 14.6. The molecule has 0 saturated carbocycles. The van der Waals surface area contributed by atoms with Crippen molar-refractivity contribution in [1.29, 1.82) is 0 Å². The number of methoxy groups -OCH3 is 1. The smallest absolute Gasteiger partial charge is 0.229 e. The predicted octanol–water partition coefficient (Wildman–Crippen LogP) is 1.33. The summed E-state index contributed by atoms with van der Waals surface area (Å²) in [6.07, 6.45) is 6.55. The van der Waals surface area contributed by atoms with E-state index in [2.05, 4.69) is 44.0 Å². The second-order valence-electron chi connectivity index (χ2n) is 6.29. The van der Waals surface area contributed by atoms with E-state index in [1.165, 1.54) is 5.56 Å². The van der Waals surface area contributed by atoms with Crippen molar-refractivity contribution in [2.75, 3.05) is 13.7 Å². The largest absolute Gasteiger partial charge is 0.342 e. The number of hydrogen-bond acceptors (Lipinski definition) is 5. The lowest BCUT2D eigenvalue weighted by atomic mass is 10.2. The highest BCUT2D eigenvalue weighted by Crippen LogP contribution is 2.13. The van der Waals surface area contributed by atoms with E-state index < -0.39 is 0 Å². The highest BCUT2D eigenvalue weighted by atomic mass is 16.5. The number of benzene rings is 1. The maximum atomic E-state index is 5.46. The van der Waals surface area contributed by atoms with E-state index in [1.807, 2.05) is 41.5 Å². The van der Waals surface area contributed by atoms with Gasteiger partial charge in [0, 0.05) is 26.1 Å². The molecule has 0 aliphatic carbocycles. The molecule has 1 unspecified atom stereocenters. The van der Waals surface area contributed by atoms with Gasteiger partial charge in [0.2, 0.25) is 6.35 Å². The Labute approximate surface area is 151 Å². The average molecular weight is 350 g/mol. The molecule has 1 aromatic carbocycles. The minimum absolute atomic E-state index is 0.320. The van der Waals surface area contributed by atoms with Crippen LogP contribution in [0.3, 0.4) is 0 Å². The van der Waals surface area contributed by atoms with Crippen LogP contribution in [0, 0.1) is 0 Å². The van der Waals surface area contributed by atoms with E-state index in [-0.39, 0.29) is 6.35 Å². The molecule has 0 spiro atoms. The summed E-state index contributed by atoms with van der Waals surface area (Å²) >= 11 is 0. The third kappa shape index (κ3) is 3.25. The zero-order valence-electron chi connectivity index (χ0n) is 15.0. The van der Waals surface area contributed by atoms with Crippen molar-refractivity contribution in [3.63, 3.8) is 0 Å². The van der Waals surface area contributed by atoms with E-state index in [9.17, 15) is 0 Å². The predicted molar refractivity (Wildman–Crippen MR) is 98.4 cm³/mol. The molecule has 0 fully saturated rings. The molecule has 134 valence electrons. The van der Waals surface area contributed by atoms with Crippen LogP contribution in [-0.2, 0) is 11.3 Å². The van der Waals surface area contributed by atoms with Crippen molar-refractivity contribution in [3.05, 3.63) is 59.1 Å². The summed E-state index contributed by atoms with van der Waals surface area (Å²) in [5, 5.41) is 5.35. The molecule has 3 aromatic rings. The maximum absolute atomic E-state index is 5.46. The van der Waals surface area contributed by atoms with Gasteiger partial charge < -0.3 is 14.6 Å². The lowest BCUT2D eigenvalue weighted by molar-refractivity contribution is 0.00616. The molecule has 7 heteroatoms. The molecule has 3 heterocycles. The van der Waals surface area contributed by atoms with Gasteiger partial charge >= 0.3 is 0 Å². The van der Waals surface area contributed by atoms with Gasteiger partial charge in [0.25, 0.3) is 0 Å². The second-order valence-corrected chi connectivity index (χ2v) is 6.29. The van der Waals surface area contributed by atoms with Gasteiger partial charge in [0.05, 0.1) is 18.3 Å².